The predicted octanol–water partition coefficient (Wildman–Crippen LogP) is 2.16. The van der Waals surface area contributed by atoms with E-state index in [1.165, 1.54) is 45.1 Å². The van der Waals surface area contributed by atoms with Crippen molar-refractivity contribution in [1.29, 1.82) is 0 Å². The van der Waals surface area contributed by atoms with Crippen molar-refractivity contribution < 1.29 is 38.6 Å². The smallest absolute Gasteiger partial charge is 0.410 e. The molecule has 2 saturated heterocycles. The topological polar surface area (TPSA) is 125 Å². The van der Waals surface area contributed by atoms with Crippen molar-refractivity contribution in [2.75, 3.05) is 19.8 Å². The lowest BCUT2D eigenvalue weighted by Crippen LogP contribution is -2.63. The minimum Gasteiger partial charge on any atom is -0.457 e. The number of thioether (sulfide) groups is 1. The average molecular weight is 604 g/mol. The molecule has 11 nitrogen and oxygen atoms in total. The zero-order chi connectivity index (χ0) is 29.6. The van der Waals surface area contributed by atoms with Gasteiger partial charge in [0, 0.05) is 22.6 Å². The fourth-order valence-electron chi connectivity index (χ4n) is 6.00. The van der Waals surface area contributed by atoms with Gasteiger partial charge in [-0.1, -0.05) is 43.6 Å². The number of aliphatic hydroxyl groups is 2. The molecule has 2 N–H and O–H groups in total. The lowest BCUT2D eigenvalue weighted by Gasteiger charge is -2.46. The number of likely N-dealkylation sites (tertiary alicyclic amines) is 1. The Morgan fingerprint density at radius 3 is 2.63 bits per heavy atom. The maximum atomic E-state index is 13.1. The van der Waals surface area contributed by atoms with Gasteiger partial charge in [0.1, 0.15) is 37.4 Å². The Morgan fingerprint density at radius 1 is 1.27 bits per heavy atom. The van der Waals surface area contributed by atoms with Gasteiger partial charge in [0.25, 0.3) is 0 Å². The van der Waals surface area contributed by atoms with Crippen LogP contribution in [0.2, 0.25) is 0 Å². The maximum Gasteiger partial charge on any atom is 0.410 e. The summed E-state index contributed by atoms with van der Waals surface area (Å²) in [6, 6.07) is -0.928. The number of thiazole rings is 1. The number of rotatable bonds is 10. The summed E-state index contributed by atoms with van der Waals surface area (Å²) < 4.78 is 14.6. The quantitative estimate of drug-likeness (QED) is 0.183. The third-order valence-corrected chi connectivity index (χ3v) is 10.4. The first-order valence-electron chi connectivity index (χ1n) is 13.5. The Balaban J connectivity index is 1.43. The number of amides is 2. The first kappa shape index (κ1) is 29.4. The van der Waals surface area contributed by atoms with E-state index in [1.807, 2.05) is 41.7 Å². The number of aliphatic hydroxyl groups excluding tert-OH is 2. The lowest BCUT2D eigenvalue weighted by molar-refractivity contribution is -0.669. The number of nitrogens with zero attached hydrogens (tertiary/aromatic N) is 4. The molecule has 2 aromatic rings. The number of β-lactam (4-membered cyclic amide) rings is 1. The summed E-state index contributed by atoms with van der Waals surface area (Å²) in [5.74, 6) is -1.78. The Labute approximate surface area is 246 Å². The Bertz CT molecular complexity index is 1380. The molecular formula is C28H35N4O7S2+. The molecule has 2 fully saturated rings. The van der Waals surface area contributed by atoms with Crippen LogP contribution in [0.5, 0.6) is 0 Å². The van der Waals surface area contributed by atoms with Gasteiger partial charge < -0.3 is 29.5 Å². The zero-order valence-corrected chi connectivity index (χ0v) is 24.8. The molecule has 3 aliphatic heterocycles. The summed E-state index contributed by atoms with van der Waals surface area (Å²) in [6.45, 7) is 11.0. The number of aromatic nitrogens is 2. The second-order valence-electron chi connectivity index (χ2n) is 10.6. The highest BCUT2D eigenvalue weighted by Crippen LogP contribution is 2.53. The molecule has 1 unspecified atom stereocenters. The van der Waals surface area contributed by atoms with Gasteiger partial charge in [-0.25, -0.2) is 14.2 Å². The van der Waals surface area contributed by atoms with Gasteiger partial charge in [-0.15, -0.1) is 11.8 Å². The number of imidazole rings is 1. The van der Waals surface area contributed by atoms with Crippen molar-refractivity contribution in [2.45, 2.75) is 49.8 Å². The van der Waals surface area contributed by atoms with Crippen LogP contribution >= 0.6 is 23.1 Å². The normalized spacial score (nSPS) is 27.0. The fraction of sp³-hybridized carbons (Fsp3) is 0.500. The molecule has 0 bridgehead atoms. The van der Waals surface area contributed by atoms with Crippen molar-refractivity contribution in [1.82, 2.24) is 14.2 Å². The van der Waals surface area contributed by atoms with Gasteiger partial charge in [-0.05, 0) is 13.3 Å². The molecule has 2 amide bonds. The van der Waals surface area contributed by atoms with Crippen molar-refractivity contribution >= 4 is 45.9 Å². The van der Waals surface area contributed by atoms with Crippen molar-refractivity contribution in [2.24, 2.45) is 18.9 Å². The van der Waals surface area contributed by atoms with Gasteiger partial charge in [0.05, 0.1) is 36.0 Å². The zero-order valence-electron chi connectivity index (χ0n) is 23.2. The second-order valence-corrected chi connectivity index (χ2v) is 13.1. The van der Waals surface area contributed by atoms with Crippen LogP contribution in [-0.4, -0.2) is 85.6 Å². The van der Waals surface area contributed by atoms with Gasteiger partial charge in [0.2, 0.25) is 17.1 Å². The Morgan fingerprint density at radius 2 is 1.98 bits per heavy atom. The third-order valence-electron chi connectivity index (χ3n) is 7.81. The van der Waals surface area contributed by atoms with Gasteiger partial charge in [0.15, 0.2) is 0 Å². The molecule has 7 atom stereocenters. The number of carbonyl (C=O) groups is 3. The molecule has 13 heteroatoms. The number of aryl methyl sites for hydroxylation is 1. The fourth-order valence-corrected chi connectivity index (χ4v) is 8.64. The van der Waals surface area contributed by atoms with E-state index >= 15 is 0 Å². The SMILES string of the molecule is C=CCOC(=O)C1=C(S[C@H]2C[C@@H](C(O)c3cn4c[n+](C)cc4s3)N(C(=O)OCC=C)C2)[C@H](C)[C@@H]2[C@@H]([C@@H](C)O)C(=O)N12. The standard InChI is InChI=1S/C28H35N4O7S2/c1-6-8-38-27(36)23-25(15(3)22-21(16(4)33)26(35)32(22)23)40-17-10-18(31(11-17)28(37)39-9-7-2)24(34)19-12-30-14-29(5)13-20(30)41-19/h6-7,12-18,21-22,24,33-34H,1-2,8-11H2,3-5H3/q+1/t15-,16-,17+,18+,21-,22-,24?/m1/s1. The number of esters is 1. The van der Waals surface area contributed by atoms with Crippen molar-refractivity contribution in [3.63, 3.8) is 0 Å². The van der Waals surface area contributed by atoms with Crippen molar-refractivity contribution in [3.05, 3.63) is 59.5 Å². The molecule has 5 heterocycles. The highest BCUT2D eigenvalue weighted by Gasteiger charge is 2.60. The summed E-state index contributed by atoms with van der Waals surface area (Å²) in [5.41, 5.74) is 0.183. The van der Waals surface area contributed by atoms with Crippen LogP contribution in [0.3, 0.4) is 0 Å². The molecule has 41 heavy (non-hydrogen) atoms. The molecule has 0 aliphatic carbocycles. The number of ether oxygens (including phenoxy) is 2. The van der Waals surface area contributed by atoms with Crippen LogP contribution in [0.1, 0.15) is 31.2 Å². The summed E-state index contributed by atoms with van der Waals surface area (Å²) in [4.78, 5) is 44.6. The Kier molecular flexibility index (Phi) is 8.33. The van der Waals surface area contributed by atoms with Crippen LogP contribution in [0.15, 0.2) is 54.6 Å². The average Bonchev–Trinajstić information content (AvgIpc) is 3.66. The van der Waals surface area contributed by atoms with Crippen LogP contribution in [0.4, 0.5) is 4.79 Å². The van der Waals surface area contributed by atoms with Crippen LogP contribution in [-0.2, 0) is 26.1 Å². The molecule has 0 spiro atoms. The summed E-state index contributed by atoms with van der Waals surface area (Å²) >= 11 is 2.86. The highest BCUT2D eigenvalue weighted by atomic mass is 32.2. The second kappa shape index (κ2) is 11.6. The minimum absolute atomic E-state index is 0.00471. The summed E-state index contributed by atoms with van der Waals surface area (Å²) in [7, 11) is 1.92. The molecule has 220 valence electrons. The molecule has 0 saturated carbocycles. The van der Waals surface area contributed by atoms with E-state index in [9.17, 15) is 24.6 Å². The molecule has 0 aromatic carbocycles. The van der Waals surface area contributed by atoms with E-state index in [-0.39, 0.29) is 48.6 Å². The van der Waals surface area contributed by atoms with Crippen LogP contribution < -0.4 is 4.57 Å². The number of carbonyl (C=O) groups excluding carboxylic acids is 3. The monoisotopic (exact) mass is 603 g/mol. The molecule has 3 aliphatic rings. The Hall–Kier alpha value is -3.13. The molecular weight excluding hydrogens is 568 g/mol. The molecule has 5 rings (SSSR count). The van der Waals surface area contributed by atoms with E-state index in [4.69, 9.17) is 9.47 Å². The van der Waals surface area contributed by atoms with E-state index in [0.717, 1.165) is 9.71 Å². The first-order chi connectivity index (χ1) is 19.6. The van der Waals surface area contributed by atoms with Crippen molar-refractivity contribution in [3.8, 4) is 0 Å². The molecule has 2 aromatic heterocycles. The largest absolute Gasteiger partial charge is 0.457 e. The third kappa shape index (κ3) is 5.20. The van der Waals surface area contributed by atoms with E-state index < -0.39 is 36.2 Å². The molecule has 0 radical (unpaired) electrons. The van der Waals surface area contributed by atoms with E-state index in [0.29, 0.717) is 11.3 Å². The number of fused-ring (bicyclic) bond motifs is 2. The maximum absolute atomic E-state index is 13.1. The van der Waals surface area contributed by atoms with Gasteiger partial charge in [-0.3, -0.25) is 4.79 Å². The van der Waals surface area contributed by atoms with Gasteiger partial charge in [-0.2, -0.15) is 4.40 Å². The summed E-state index contributed by atoms with van der Waals surface area (Å²) in [6.07, 6.45) is 6.72. The summed E-state index contributed by atoms with van der Waals surface area (Å²) in [5, 5.41) is 21.6. The number of hydrogen-bond donors (Lipinski definition) is 2. The number of hydrogen-bond acceptors (Lipinski definition) is 9. The first-order valence-corrected chi connectivity index (χ1v) is 15.2. The predicted molar refractivity (Wildman–Crippen MR) is 153 cm³/mol. The van der Waals surface area contributed by atoms with Gasteiger partial charge >= 0.3 is 12.1 Å². The lowest BCUT2D eigenvalue weighted by atomic mass is 9.79. The van der Waals surface area contributed by atoms with Crippen LogP contribution in [0, 0.1) is 11.8 Å². The highest BCUT2D eigenvalue weighted by molar-refractivity contribution is 8.03. The van der Waals surface area contributed by atoms with E-state index in [2.05, 4.69) is 13.2 Å². The van der Waals surface area contributed by atoms with Crippen LogP contribution in [0.25, 0.3) is 4.83 Å². The minimum atomic E-state index is -0.958. The van der Waals surface area contributed by atoms with E-state index in [1.54, 1.807) is 6.92 Å².